The first-order valence-corrected chi connectivity index (χ1v) is 7.35. The van der Waals surface area contributed by atoms with Gasteiger partial charge in [0.1, 0.15) is 5.75 Å². The van der Waals surface area contributed by atoms with Gasteiger partial charge in [-0.15, -0.1) is 0 Å². The summed E-state index contributed by atoms with van der Waals surface area (Å²) in [6, 6.07) is 11.3. The molecule has 2 heterocycles. The molecule has 0 saturated heterocycles. The second-order valence-corrected chi connectivity index (χ2v) is 5.64. The molecular formula is C18H19N3O. The third kappa shape index (κ3) is 2.37. The summed E-state index contributed by atoms with van der Waals surface area (Å²) < 4.78 is 1.88. The number of hydrogen-bond acceptors (Lipinski definition) is 3. The number of aromatic hydroxyl groups is 1. The van der Waals surface area contributed by atoms with Gasteiger partial charge in [-0.1, -0.05) is 32.0 Å². The molecule has 0 amide bonds. The monoisotopic (exact) mass is 293 g/mol. The molecule has 0 fully saturated rings. The number of aromatic nitrogens is 3. The minimum Gasteiger partial charge on any atom is -0.507 e. The predicted octanol–water partition coefficient (Wildman–Crippen LogP) is 3.98. The number of nitrogens with zero attached hydrogens (tertiary/aromatic N) is 3. The van der Waals surface area contributed by atoms with Crippen molar-refractivity contribution >= 4 is 0 Å². The van der Waals surface area contributed by atoms with Crippen molar-refractivity contribution in [2.24, 2.45) is 7.05 Å². The third-order valence-corrected chi connectivity index (χ3v) is 3.75. The zero-order valence-electron chi connectivity index (χ0n) is 13.0. The molecule has 0 aliphatic heterocycles. The van der Waals surface area contributed by atoms with Gasteiger partial charge in [0.2, 0.25) is 0 Å². The number of para-hydroxylation sites is 1. The SMILES string of the molecule is CC(C)c1nn(C)c(-c2ccncc2)c1-c1ccccc1O. The van der Waals surface area contributed by atoms with Gasteiger partial charge < -0.3 is 5.11 Å². The van der Waals surface area contributed by atoms with E-state index >= 15 is 0 Å². The first-order chi connectivity index (χ1) is 10.6. The van der Waals surface area contributed by atoms with E-state index in [2.05, 4.69) is 23.9 Å². The number of phenols is 1. The van der Waals surface area contributed by atoms with Crippen LogP contribution in [0.5, 0.6) is 5.75 Å². The van der Waals surface area contributed by atoms with Gasteiger partial charge in [0.15, 0.2) is 0 Å². The van der Waals surface area contributed by atoms with E-state index in [1.165, 1.54) is 0 Å². The number of pyridine rings is 1. The molecule has 0 saturated carbocycles. The van der Waals surface area contributed by atoms with E-state index in [0.717, 1.165) is 28.1 Å². The van der Waals surface area contributed by atoms with Crippen molar-refractivity contribution in [3.8, 4) is 28.1 Å². The number of aryl methyl sites for hydroxylation is 1. The largest absolute Gasteiger partial charge is 0.507 e. The fourth-order valence-electron chi connectivity index (χ4n) is 2.74. The van der Waals surface area contributed by atoms with E-state index in [1.807, 2.05) is 42.1 Å². The highest BCUT2D eigenvalue weighted by molar-refractivity contribution is 5.86. The Kier molecular flexibility index (Phi) is 3.67. The van der Waals surface area contributed by atoms with Crippen LogP contribution < -0.4 is 0 Å². The van der Waals surface area contributed by atoms with E-state index in [9.17, 15) is 5.11 Å². The molecule has 112 valence electrons. The molecule has 4 heteroatoms. The zero-order valence-corrected chi connectivity index (χ0v) is 13.0. The van der Waals surface area contributed by atoms with Crippen LogP contribution in [0.3, 0.4) is 0 Å². The molecule has 0 spiro atoms. The maximum Gasteiger partial charge on any atom is 0.123 e. The van der Waals surface area contributed by atoms with Gasteiger partial charge in [-0.05, 0) is 24.1 Å². The lowest BCUT2D eigenvalue weighted by atomic mass is 9.94. The molecule has 1 aromatic carbocycles. The summed E-state index contributed by atoms with van der Waals surface area (Å²) in [4.78, 5) is 4.08. The normalized spacial score (nSPS) is 11.1. The fourth-order valence-corrected chi connectivity index (χ4v) is 2.74. The summed E-state index contributed by atoms with van der Waals surface area (Å²) in [5.41, 5.74) is 4.81. The summed E-state index contributed by atoms with van der Waals surface area (Å²) in [5, 5.41) is 15.0. The maximum atomic E-state index is 10.3. The molecule has 2 aromatic heterocycles. The molecule has 22 heavy (non-hydrogen) atoms. The van der Waals surface area contributed by atoms with E-state index in [-0.39, 0.29) is 11.7 Å². The Morgan fingerprint density at radius 2 is 1.73 bits per heavy atom. The molecule has 3 rings (SSSR count). The highest BCUT2D eigenvalue weighted by Crippen LogP contribution is 2.41. The van der Waals surface area contributed by atoms with E-state index in [1.54, 1.807) is 18.5 Å². The van der Waals surface area contributed by atoms with Crippen molar-refractivity contribution in [2.45, 2.75) is 19.8 Å². The molecule has 0 radical (unpaired) electrons. The minimum absolute atomic E-state index is 0.261. The number of hydrogen-bond donors (Lipinski definition) is 1. The van der Waals surface area contributed by atoms with Crippen LogP contribution in [0.2, 0.25) is 0 Å². The molecule has 4 nitrogen and oxygen atoms in total. The number of benzene rings is 1. The van der Waals surface area contributed by atoms with Gasteiger partial charge in [0.25, 0.3) is 0 Å². The zero-order chi connectivity index (χ0) is 15.7. The summed E-state index contributed by atoms with van der Waals surface area (Å²) in [6.07, 6.45) is 3.54. The third-order valence-electron chi connectivity index (χ3n) is 3.75. The lowest BCUT2D eigenvalue weighted by Gasteiger charge is -2.10. The Hall–Kier alpha value is -2.62. The smallest absolute Gasteiger partial charge is 0.123 e. The lowest BCUT2D eigenvalue weighted by molar-refractivity contribution is 0.477. The van der Waals surface area contributed by atoms with Crippen LogP contribution >= 0.6 is 0 Å². The van der Waals surface area contributed by atoms with Crippen molar-refractivity contribution in [1.29, 1.82) is 0 Å². The second kappa shape index (κ2) is 5.64. The van der Waals surface area contributed by atoms with Crippen molar-refractivity contribution in [3.63, 3.8) is 0 Å². The van der Waals surface area contributed by atoms with Gasteiger partial charge in [0, 0.05) is 36.1 Å². The van der Waals surface area contributed by atoms with Gasteiger partial charge in [-0.2, -0.15) is 5.10 Å². The van der Waals surface area contributed by atoms with Crippen LogP contribution in [0, 0.1) is 0 Å². The van der Waals surface area contributed by atoms with E-state index in [4.69, 9.17) is 0 Å². The van der Waals surface area contributed by atoms with Crippen LogP contribution in [0.4, 0.5) is 0 Å². The summed E-state index contributed by atoms with van der Waals surface area (Å²) in [7, 11) is 1.94. The molecule has 3 aromatic rings. The van der Waals surface area contributed by atoms with Crippen LogP contribution in [0.15, 0.2) is 48.8 Å². The Balaban J connectivity index is 2.34. The minimum atomic E-state index is 0.261. The first kappa shape index (κ1) is 14.3. The maximum absolute atomic E-state index is 10.3. The molecular weight excluding hydrogens is 274 g/mol. The Morgan fingerprint density at radius 3 is 2.36 bits per heavy atom. The highest BCUT2D eigenvalue weighted by atomic mass is 16.3. The predicted molar refractivity (Wildman–Crippen MR) is 87.6 cm³/mol. The number of phenolic OH excluding ortho intramolecular Hbond substituents is 1. The van der Waals surface area contributed by atoms with E-state index in [0.29, 0.717) is 0 Å². The molecule has 0 bridgehead atoms. The van der Waals surface area contributed by atoms with Gasteiger partial charge in [-0.25, -0.2) is 0 Å². The van der Waals surface area contributed by atoms with Gasteiger partial charge >= 0.3 is 0 Å². The summed E-state index contributed by atoms with van der Waals surface area (Å²) in [6.45, 7) is 4.23. The fraction of sp³-hybridized carbons (Fsp3) is 0.222. The number of rotatable bonds is 3. The van der Waals surface area contributed by atoms with Gasteiger partial charge in [-0.3, -0.25) is 9.67 Å². The van der Waals surface area contributed by atoms with Crippen molar-refractivity contribution in [3.05, 3.63) is 54.5 Å². The molecule has 1 N–H and O–H groups in total. The molecule has 0 aliphatic carbocycles. The highest BCUT2D eigenvalue weighted by Gasteiger charge is 2.22. The first-order valence-electron chi connectivity index (χ1n) is 7.35. The van der Waals surface area contributed by atoms with Crippen LogP contribution in [0.25, 0.3) is 22.4 Å². The average molecular weight is 293 g/mol. The van der Waals surface area contributed by atoms with Crippen LogP contribution in [0.1, 0.15) is 25.5 Å². The molecule has 0 atom stereocenters. The Bertz CT molecular complexity index is 791. The Labute approximate surface area is 130 Å². The summed E-state index contributed by atoms with van der Waals surface area (Å²) >= 11 is 0. The Morgan fingerprint density at radius 1 is 1.05 bits per heavy atom. The lowest BCUT2D eigenvalue weighted by Crippen LogP contribution is -1.95. The van der Waals surface area contributed by atoms with Gasteiger partial charge in [0.05, 0.1) is 11.4 Å². The molecule has 0 unspecified atom stereocenters. The topological polar surface area (TPSA) is 50.9 Å². The van der Waals surface area contributed by atoms with Crippen molar-refractivity contribution in [2.75, 3.05) is 0 Å². The van der Waals surface area contributed by atoms with E-state index < -0.39 is 0 Å². The standard InChI is InChI=1S/C18H19N3O/c1-12(2)17-16(14-6-4-5-7-15(14)22)18(21(3)20-17)13-8-10-19-11-9-13/h4-12,22H,1-3H3. The quantitative estimate of drug-likeness (QED) is 0.794. The average Bonchev–Trinajstić information content (AvgIpc) is 2.86. The van der Waals surface area contributed by atoms with Crippen LogP contribution in [-0.2, 0) is 7.05 Å². The second-order valence-electron chi connectivity index (χ2n) is 5.64. The summed E-state index contributed by atoms with van der Waals surface area (Å²) in [5.74, 6) is 0.532. The van der Waals surface area contributed by atoms with Crippen molar-refractivity contribution in [1.82, 2.24) is 14.8 Å². The molecule has 0 aliphatic rings. The van der Waals surface area contributed by atoms with Crippen molar-refractivity contribution < 1.29 is 5.11 Å². The van der Waals surface area contributed by atoms with Crippen LogP contribution in [-0.4, -0.2) is 19.9 Å².